The van der Waals surface area contributed by atoms with E-state index in [0.29, 0.717) is 17.3 Å². The predicted octanol–water partition coefficient (Wildman–Crippen LogP) is 3.25. The number of ketones is 1. The maximum absolute atomic E-state index is 11.4. The third kappa shape index (κ3) is 2.62. The van der Waals surface area contributed by atoms with Crippen LogP contribution in [0.1, 0.15) is 54.2 Å². The highest BCUT2D eigenvalue weighted by Crippen LogP contribution is 2.22. The zero-order valence-corrected chi connectivity index (χ0v) is 9.15. The van der Waals surface area contributed by atoms with Crippen molar-refractivity contribution in [2.75, 3.05) is 0 Å². The SMILES string of the molecule is CCCC(=O)c1ncc(C(C)C)s1. The standard InChI is InChI=1S/C10H15NOS/c1-4-5-8(12)10-11-6-9(13-10)7(2)3/h6-7H,4-5H2,1-3H3. The molecule has 0 saturated carbocycles. The molecule has 0 bridgehead atoms. The number of rotatable bonds is 4. The summed E-state index contributed by atoms with van der Waals surface area (Å²) in [6.07, 6.45) is 3.33. The van der Waals surface area contributed by atoms with Gasteiger partial charge in [-0.2, -0.15) is 0 Å². The maximum atomic E-state index is 11.4. The zero-order chi connectivity index (χ0) is 9.84. The van der Waals surface area contributed by atoms with Crippen LogP contribution >= 0.6 is 11.3 Å². The fraction of sp³-hybridized carbons (Fsp3) is 0.600. The van der Waals surface area contributed by atoms with E-state index in [1.165, 1.54) is 16.2 Å². The molecule has 0 radical (unpaired) electrons. The Bertz CT molecular complexity index is 291. The molecule has 0 amide bonds. The molecule has 0 N–H and O–H groups in total. The van der Waals surface area contributed by atoms with Crippen molar-refractivity contribution in [3.63, 3.8) is 0 Å². The number of Topliss-reactive ketones (excluding diaryl/α,β-unsaturated/α-hetero) is 1. The molecule has 0 fully saturated rings. The Morgan fingerprint density at radius 3 is 2.77 bits per heavy atom. The first-order chi connectivity index (χ1) is 6.15. The summed E-state index contributed by atoms with van der Waals surface area (Å²) < 4.78 is 0. The minimum atomic E-state index is 0.180. The summed E-state index contributed by atoms with van der Waals surface area (Å²) in [5.41, 5.74) is 0. The number of carbonyl (C=O) groups excluding carboxylic acids is 1. The Kier molecular flexibility index (Phi) is 3.60. The van der Waals surface area contributed by atoms with E-state index in [2.05, 4.69) is 18.8 Å². The highest BCUT2D eigenvalue weighted by Gasteiger charge is 2.11. The van der Waals surface area contributed by atoms with E-state index in [0.717, 1.165) is 6.42 Å². The summed E-state index contributed by atoms with van der Waals surface area (Å²) in [7, 11) is 0. The largest absolute Gasteiger partial charge is 0.292 e. The molecule has 0 unspecified atom stereocenters. The highest BCUT2D eigenvalue weighted by molar-refractivity contribution is 7.13. The van der Waals surface area contributed by atoms with Crippen LogP contribution in [0.3, 0.4) is 0 Å². The first kappa shape index (κ1) is 10.4. The van der Waals surface area contributed by atoms with Crippen molar-refractivity contribution in [3.8, 4) is 0 Å². The van der Waals surface area contributed by atoms with Gasteiger partial charge in [0.25, 0.3) is 0 Å². The minimum absolute atomic E-state index is 0.180. The summed E-state index contributed by atoms with van der Waals surface area (Å²) in [4.78, 5) is 16.7. The summed E-state index contributed by atoms with van der Waals surface area (Å²) in [6.45, 7) is 6.23. The lowest BCUT2D eigenvalue weighted by molar-refractivity contribution is 0.0981. The van der Waals surface area contributed by atoms with Crippen LogP contribution in [0.25, 0.3) is 0 Å². The molecule has 0 atom stereocenters. The second kappa shape index (κ2) is 4.51. The van der Waals surface area contributed by atoms with Crippen molar-refractivity contribution >= 4 is 17.1 Å². The van der Waals surface area contributed by atoms with Crippen LogP contribution in [0, 0.1) is 0 Å². The molecule has 13 heavy (non-hydrogen) atoms. The number of hydrogen-bond acceptors (Lipinski definition) is 3. The lowest BCUT2D eigenvalue weighted by Crippen LogP contribution is -1.95. The summed E-state index contributed by atoms with van der Waals surface area (Å²) in [6, 6.07) is 0. The molecule has 0 spiro atoms. The fourth-order valence-electron chi connectivity index (χ4n) is 1.02. The number of hydrogen-bond donors (Lipinski definition) is 0. The average Bonchev–Trinajstić information content (AvgIpc) is 2.52. The third-order valence-electron chi connectivity index (χ3n) is 1.81. The highest BCUT2D eigenvalue weighted by atomic mass is 32.1. The quantitative estimate of drug-likeness (QED) is 0.693. The zero-order valence-electron chi connectivity index (χ0n) is 8.33. The smallest absolute Gasteiger partial charge is 0.191 e. The molecule has 1 heterocycles. The second-order valence-electron chi connectivity index (χ2n) is 3.40. The maximum Gasteiger partial charge on any atom is 0.191 e. The van der Waals surface area contributed by atoms with Gasteiger partial charge in [-0.05, 0) is 12.3 Å². The summed E-state index contributed by atoms with van der Waals surface area (Å²) in [5, 5.41) is 0.672. The molecule has 1 aromatic rings. The summed E-state index contributed by atoms with van der Waals surface area (Å²) >= 11 is 1.53. The van der Waals surface area contributed by atoms with E-state index >= 15 is 0 Å². The number of nitrogens with zero attached hydrogens (tertiary/aromatic N) is 1. The first-order valence-electron chi connectivity index (χ1n) is 4.64. The van der Waals surface area contributed by atoms with E-state index in [1.54, 1.807) is 0 Å². The molecule has 1 rings (SSSR count). The van der Waals surface area contributed by atoms with Gasteiger partial charge in [0.15, 0.2) is 10.8 Å². The lowest BCUT2D eigenvalue weighted by Gasteiger charge is -1.96. The van der Waals surface area contributed by atoms with Gasteiger partial charge in [0, 0.05) is 17.5 Å². The average molecular weight is 197 g/mol. The van der Waals surface area contributed by atoms with Crippen LogP contribution < -0.4 is 0 Å². The number of carbonyl (C=O) groups is 1. The topological polar surface area (TPSA) is 30.0 Å². The molecule has 0 aliphatic heterocycles. The van der Waals surface area contributed by atoms with E-state index in [9.17, 15) is 4.79 Å². The Balaban J connectivity index is 2.73. The Morgan fingerprint density at radius 1 is 1.62 bits per heavy atom. The van der Waals surface area contributed by atoms with Gasteiger partial charge in [0.2, 0.25) is 0 Å². The van der Waals surface area contributed by atoms with Crippen LogP contribution in [-0.4, -0.2) is 10.8 Å². The normalized spacial score (nSPS) is 10.8. The van der Waals surface area contributed by atoms with Crippen molar-refractivity contribution in [1.29, 1.82) is 0 Å². The van der Waals surface area contributed by atoms with Crippen molar-refractivity contribution in [2.24, 2.45) is 0 Å². The molecule has 3 heteroatoms. The number of aromatic nitrogens is 1. The number of thiazole rings is 1. The van der Waals surface area contributed by atoms with Gasteiger partial charge in [0.1, 0.15) is 0 Å². The van der Waals surface area contributed by atoms with Crippen molar-refractivity contribution in [2.45, 2.75) is 39.5 Å². The lowest BCUT2D eigenvalue weighted by atomic mass is 10.2. The summed E-state index contributed by atoms with van der Waals surface area (Å²) in [5.74, 6) is 0.653. The molecular formula is C10H15NOS. The molecule has 2 nitrogen and oxygen atoms in total. The molecule has 0 aliphatic rings. The van der Waals surface area contributed by atoms with E-state index in [-0.39, 0.29) is 5.78 Å². The minimum Gasteiger partial charge on any atom is -0.292 e. The molecule has 0 saturated heterocycles. The van der Waals surface area contributed by atoms with Crippen molar-refractivity contribution in [1.82, 2.24) is 4.98 Å². The van der Waals surface area contributed by atoms with Crippen LogP contribution in [0.4, 0.5) is 0 Å². The fourth-order valence-corrected chi connectivity index (χ4v) is 1.90. The van der Waals surface area contributed by atoms with Gasteiger partial charge in [-0.1, -0.05) is 20.8 Å². The van der Waals surface area contributed by atoms with Gasteiger partial charge in [-0.25, -0.2) is 4.98 Å². The second-order valence-corrected chi connectivity index (χ2v) is 4.46. The van der Waals surface area contributed by atoms with Crippen molar-refractivity contribution in [3.05, 3.63) is 16.1 Å². The van der Waals surface area contributed by atoms with Gasteiger partial charge in [-0.3, -0.25) is 4.79 Å². The van der Waals surface area contributed by atoms with E-state index in [4.69, 9.17) is 0 Å². The third-order valence-corrected chi connectivity index (χ3v) is 3.15. The van der Waals surface area contributed by atoms with E-state index in [1.807, 2.05) is 13.1 Å². The first-order valence-corrected chi connectivity index (χ1v) is 5.45. The van der Waals surface area contributed by atoms with Gasteiger partial charge in [-0.15, -0.1) is 11.3 Å². The van der Waals surface area contributed by atoms with E-state index < -0.39 is 0 Å². The molecule has 0 aromatic carbocycles. The van der Waals surface area contributed by atoms with Gasteiger partial charge >= 0.3 is 0 Å². The van der Waals surface area contributed by atoms with Crippen LogP contribution in [-0.2, 0) is 0 Å². The van der Waals surface area contributed by atoms with Crippen molar-refractivity contribution < 1.29 is 4.79 Å². The molecule has 0 aliphatic carbocycles. The monoisotopic (exact) mass is 197 g/mol. The Morgan fingerprint density at radius 2 is 2.31 bits per heavy atom. The Labute approximate surface area is 83.0 Å². The van der Waals surface area contributed by atoms with Crippen LogP contribution in [0.15, 0.2) is 6.20 Å². The Hall–Kier alpha value is -0.700. The molecular weight excluding hydrogens is 182 g/mol. The molecule has 72 valence electrons. The van der Waals surface area contributed by atoms with Gasteiger partial charge in [0.05, 0.1) is 0 Å². The molecule has 1 aromatic heterocycles. The van der Waals surface area contributed by atoms with Crippen LogP contribution in [0.2, 0.25) is 0 Å². The van der Waals surface area contributed by atoms with Crippen LogP contribution in [0.5, 0.6) is 0 Å². The van der Waals surface area contributed by atoms with Gasteiger partial charge < -0.3 is 0 Å². The predicted molar refractivity (Wildman–Crippen MR) is 55.4 cm³/mol.